The van der Waals surface area contributed by atoms with Crippen molar-refractivity contribution in [3.05, 3.63) is 70.0 Å². The minimum Gasteiger partial charge on any atom is -0.378 e. The molecule has 0 amide bonds. The molecular weight excluding hydrogens is 260 g/mol. The first-order chi connectivity index (χ1) is 9.33. The average Bonchev–Trinajstić information content (AvgIpc) is 3.11. The molecule has 3 rings (SSSR count). The lowest BCUT2D eigenvalue weighted by molar-refractivity contribution is 0.170. The zero-order valence-electron chi connectivity index (χ0n) is 10.1. The van der Waals surface area contributed by atoms with Gasteiger partial charge in [-0.2, -0.15) is 4.98 Å². The van der Waals surface area contributed by atoms with Gasteiger partial charge >= 0.3 is 0 Å². The SMILES string of the molecule is OC(c1ccccc1)c1nc(Cc2cccs2)no1. The van der Waals surface area contributed by atoms with Crippen LogP contribution in [0.2, 0.25) is 0 Å². The standard InChI is InChI=1S/C14H12N2O2S/c17-13(10-5-2-1-3-6-10)14-15-12(16-18-14)9-11-7-4-8-19-11/h1-8,13,17H,9H2. The van der Waals surface area contributed by atoms with E-state index < -0.39 is 6.10 Å². The lowest BCUT2D eigenvalue weighted by atomic mass is 10.1. The van der Waals surface area contributed by atoms with Crippen LogP contribution in [0.15, 0.2) is 52.4 Å². The van der Waals surface area contributed by atoms with E-state index in [0.717, 1.165) is 5.56 Å². The van der Waals surface area contributed by atoms with Crippen LogP contribution in [-0.4, -0.2) is 15.2 Å². The molecule has 0 saturated carbocycles. The minimum atomic E-state index is -0.870. The predicted molar refractivity (Wildman–Crippen MR) is 71.9 cm³/mol. The van der Waals surface area contributed by atoms with Crippen molar-refractivity contribution in [3.8, 4) is 0 Å². The minimum absolute atomic E-state index is 0.234. The number of rotatable bonds is 4. The summed E-state index contributed by atoms with van der Waals surface area (Å²) in [5, 5.41) is 16.0. The largest absolute Gasteiger partial charge is 0.378 e. The highest BCUT2D eigenvalue weighted by Crippen LogP contribution is 2.21. The molecule has 0 bridgehead atoms. The van der Waals surface area contributed by atoms with Gasteiger partial charge in [-0.05, 0) is 17.0 Å². The molecule has 19 heavy (non-hydrogen) atoms. The molecule has 1 atom stereocenters. The second kappa shape index (κ2) is 5.34. The molecule has 0 aliphatic rings. The lowest BCUT2D eigenvalue weighted by Gasteiger charge is -2.04. The Morgan fingerprint density at radius 3 is 2.74 bits per heavy atom. The summed E-state index contributed by atoms with van der Waals surface area (Å²) in [4.78, 5) is 5.41. The Morgan fingerprint density at radius 1 is 1.16 bits per heavy atom. The predicted octanol–water partition coefficient (Wildman–Crippen LogP) is 2.80. The molecule has 0 spiro atoms. The Morgan fingerprint density at radius 2 is 2.00 bits per heavy atom. The van der Waals surface area contributed by atoms with Gasteiger partial charge in [0, 0.05) is 11.3 Å². The molecule has 0 radical (unpaired) electrons. The van der Waals surface area contributed by atoms with Crippen molar-refractivity contribution in [1.82, 2.24) is 10.1 Å². The van der Waals surface area contributed by atoms with Crippen LogP contribution in [0.3, 0.4) is 0 Å². The van der Waals surface area contributed by atoms with Gasteiger partial charge in [-0.25, -0.2) is 0 Å². The monoisotopic (exact) mass is 272 g/mol. The van der Waals surface area contributed by atoms with Gasteiger partial charge in [0.05, 0.1) is 0 Å². The summed E-state index contributed by atoms with van der Waals surface area (Å²) in [5.41, 5.74) is 0.744. The van der Waals surface area contributed by atoms with Gasteiger partial charge < -0.3 is 9.63 Å². The van der Waals surface area contributed by atoms with E-state index in [1.165, 1.54) is 4.88 Å². The fourth-order valence-electron chi connectivity index (χ4n) is 1.80. The molecule has 5 heteroatoms. The van der Waals surface area contributed by atoms with Crippen LogP contribution in [0.5, 0.6) is 0 Å². The van der Waals surface area contributed by atoms with Crippen LogP contribution in [0.25, 0.3) is 0 Å². The Balaban J connectivity index is 1.78. The van der Waals surface area contributed by atoms with Gasteiger partial charge in [-0.1, -0.05) is 41.6 Å². The zero-order valence-corrected chi connectivity index (χ0v) is 10.9. The van der Waals surface area contributed by atoms with Crippen LogP contribution in [0.4, 0.5) is 0 Å². The van der Waals surface area contributed by atoms with Gasteiger partial charge in [0.15, 0.2) is 11.9 Å². The van der Waals surface area contributed by atoms with E-state index in [0.29, 0.717) is 12.2 Å². The van der Waals surface area contributed by atoms with Crippen molar-refractivity contribution in [3.63, 3.8) is 0 Å². The second-order valence-corrected chi connectivity index (χ2v) is 5.15. The van der Waals surface area contributed by atoms with Crippen molar-refractivity contribution in [2.75, 3.05) is 0 Å². The molecule has 4 nitrogen and oxygen atoms in total. The van der Waals surface area contributed by atoms with Gasteiger partial charge in [0.1, 0.15) is 0 Å². The van der Waals surface area contributed by atoms with E-state index in [2.05, 4.69) is 10.1 Å². The van der Waals surface area contributed by atoms with Crippen LogP contribution in [-0.2, 0) is 6.42 Å². The maximum atomic E-state index is 10.1. The number of aliphatic hydroxyl groups excluding tert-OH is 1. The first-order valence-electron chi connectivity index (χ1n) is 5.91. The number of aliphatic hydroxyl groups is 1. The van der Waals surface area contributed by atoms with Crippen LogP contribution in [0.1, 0.15) is 28.3 Å². The van der Waals surface area contributed by atoms with E-state index in [1.807, 2.05) is 47.8 Å². The first-order valence-corrected chi connectivity index (χ1v) is 6.79. The second-order valence-electron chi connectivity index (χ2n) is 4.12. The number of benzene rings is 1. The molecule has 96 valence electrons. The highest BCUT2D eigenvalue weighted by atomic mass is 32.1. The topological polar surface area (TPSA) is 59.2 Å². The smallest absolute Gasteiger partial charge is 0.260 e. The van der Waals surface area contributed by atoms with Crippen molar-refractivity contribution in [2.24, 2.45) is 0 Å². The summed E-state index contributed by atoms with van der Waals surface area (Å²) in [5.74, 6) is 0.824. The maximum absolute atomic E-state index is 10.1. The average molecular weight is 272 g/mol. The normalized spacial score (nSPS) is 12.5. The molecule has 0 saturated heterocycles. The Bertz CT molecular complexity index is 635. The molecule has 0 fully saturated rings. The van der Waals surface area contributed by atoms with Crippen LogP contribution < -0.4 is 0 Å². The molecule has 3 aromatic rings. The van der Waals surface area contributed by atoms with Gasteiger partial charge in [-0.3, -0.25) is 0 Å². The molecular formula is C14H12N2O2S. The van der Waals surface area contributed by atoms with Crippen LogP contribution in [0, 0.1) is 0 Å². The molecule has 0 aliphatic carbocycles. The maximum Gasteiger partial charge on any atom is 0.260 e. The first kappa shape index (κ1) is 12.1. The van der Waals surface area contributed by atoms with Crippen molar-refractivity contribution in [1.29, 1.82) is 0 Å². The number of hydrogen-bond acceptors (Lipinski definition) is 5. The lowest BCUT2D eigenvalue weighted by Crippen LogP contribution is -2.00. The molecule has 1 aromatic carbocycles. The Labute approximate surface area is 114 Å². The molecule has 1 unspecified atom stereocenters. The molecule has 0 aliphatic heterocycles. The number of nitrogens with zero attached hydrogens (tertiary/aromatic N) is 2. The molecule has 2 aromatic heterocycles. The number of hydrogen-bond donors (Lipinski definition) is 1. The van der Waals surface area contributed by atoms with E-state index in [9.17, 15) is 5.11 Å². The quantitative estimate of drug-likeness (QED) is 0.793. The zero-order chi connectivity index (χ0) is 13.1. The third-order valence-corrected chi connectivity index (χ3v) is 3.62. The van der Waals surface area contributed by atoms with Crippen molar-refractivity contribution < 1.29 is 9.63 Å². The summed E-state index contributed by atoms with van der Waals surface area (Å²) in [6, 6.07) is 13.3. The fraction of sp³-hybridized carbons (Fsp3) is 0.143. The van der Waals surface area contributed by atoms with Crippen LogP contribution >= 0.6 is 11.3 Å². The summed E-state index contributed by atoms with van der Waals surface area (Å²) in [7, 11) is 0. The van der Waals surface area contributed by atoms with Gasteiger partial charge in [-0.15, -0.1) is 11.3 Å². The highest BCUT2D eigenvalue weighted by Gasteiger charge is 2.18. The van der Waals surface area contributed by atoms with E-state index >= 15 is 0 Å². The van der Waals surface area contributed by atoms with Gasteiger partial charge in [0.2, 0.25) is 0 Å². The molecule has 1 N–H and O–H groups in total. The third kappa shape index (κ3) is 2.72. The Kier molecular flexibility index (Phi) is 3.39. The van der Waals surface area contributed by atoms with Gasteiger partial charge in [0.25, 0.3) is 5.89 Å². The molecule has 2 heterocycles. The Hall–Kier alpha value is -1.98. The fourth-order valence-corrected chi connectivity index (χ4v) is 2.50. The van der Waals surface area contributed by atoms with E-state index in [1.54, 1.807) is 11.3 Å². The summed E-state index contributed by atoms with van der Waals surface area (Å²) in [6.07, 6.45) is -0.242. The third-order valence-electron chi connectivity index (χ3n) is 2.75. The highest BCUT2D eigenvalue weighted by molar-refractivity contribution is 7.09. The number of aromatic nitrogens is 2. The van der Waals surface area contributed by atoms with Crippen molar-refractivity contribution in [2.45, 2.75) is 12.5 Å². The summed E-state index contributed by atoms with van der Waals surface area (Å²) in [6.45, 7) is 0. The van der Waals surface area contributed by atoms with E-state index in [4.69, 9.17) is 4.52 Å². The van der Waals surface area contributed by atoms with Crippen molar-refractivity contribution >= 4 is 11.3 Å². The summed E-state index contributed by atoms with van der Waals surface area (Å²) < 4.78 is 5.12. The van der Waals surface area contributed by atoms with E-state index in [-0.39, 0.29) is 5.89 Å². The summed E-state index contributed by atoms with van der Waals surface area (Å²) >= 11 is 1.65. The number of thiophene rings is 1.